The molecule has 2 rings (SSSR count). The van der Waals surface area contributed by atoms with Crippen LogP contribution in [0.4, 0.5) is 0 Å². The van der Waals surface area contributed by atoms with E-state index < -0.39 is 0 Å². The molecule has 1 aromatic heterocycles. The average molecular weight is 274 g/mol. The van der Waals surface area contributed by atoms with Crippen molar-refractivity contribution in [3.05, 3.63) is 22.6 Å². The molecule has 1 fully saturated rings. The first-order valence-corrected chi connectivity index (χ1v) is 6.04. The zero-order valence-electron chi connectivity index (χ0n) is 9.00. The maximum atomic E-state index is 5.58. The molecule has 2 heterocycles. The second kappa shape index (κ2) is 4.68. The van der Waals surface area contributed by atoms with Gasteiger partial charge in [0.1, 0.15) is 5.76 Å². The van der Waals surface area contributed by atoms with Gasteiger partial charge in [0.05, 0.1) is 18.8 Å². The van der Waals surface area contributed by atoms with Crippen LogP contribution in [0.3, 0.4) is 0 Å². The van der Waals surface area contributed by atoms with Gasteiger partial charge in [-0.2, -0.15) is 0 Å². The van der Waals surface area contributed by atoms with Crippen molar-refractivity contribution in [3.8, 4) is 0 Å². The van der Waals surface area contributed by atoms with Crippen LogP contribution in [-0.2, 0) is 4.74 Å². The smallest absolute Gasteiger partial charge is 0.169 e. The highest BCUT2D eigenvalue weighted by Crippen LogP contribution is 2.33. The van der Waals surface area contributed by atoms with Gasteiger partial charge < -0.3 is 14.5 Å². The number of nitrogens with one attached hydrogen (secondary N) is 1. The van der Waals surface area contributed by atoms with Gasteiger partial charge in [-0.15, -0.1) is 0 Å². The molecule has 1 aromatic rings. The molecule has 0 saturated carbocycles. The van der Waals surface area contributed by atoms with Crippen LogP contribution in [0.15, 0.2) is 21.2 Å². The van der Waals surface area contributed by atoms with Crippen molar-refractivity contribution in [2.45, 2.75) is 25.5 Å². The lowest BCUT2D eigenvalue weighted by Gasteiger charge is -2.19. The molecule has 84 valence electrons. The van der Waals surface area contributed by atoms with E-state index in [1.54, 1.807) is 0 Å². The first-order valence-electron chi connectivity index (χ1n) is 5.25. The summed E-state index contributed by atoms with van der Waals surface area (Å²) >= 11 is 3.32. The fourth-order valence-corrected chi connectivity index (χ4v) is 2.51. The van der Waals surface area contributed by atoms with Crippen LogP contribution in [0.5, 0.6) is 0 Å². The highest BCUT2D eigenvalue weighted by molar-refractivity contribution is 9.10. The molecule has 15 heavy (non-hydrogen) atoms. The van der Waals surface area contributed by atoms with Crippen LogP contribution in [0.1, 0.15) is 25.1 Å². The van der Waals surface area contributed by atoms with E-state index in [4.69, 9.17) is 9.15 Å². The van der Waals surface area contributed by atoms with Gasteiger partial charge in [-0.3, -0.25) is 0 Å². The molecule has 0 amide bonds. The van der Waals surface area contributed by atoms with E-state index >= 15 is 0 Å². The second-order valence-corrected chi connectivity index (χ2v) is 4.83. The minimum absolute atomic E-state index is 0.251. The predicted molar refractivity (Wildman–Crippen MR) is 61.7 cm³/mol. The summed E-state index contributed by atoms with van der Waals surface area (Å²) in [6, 6.07) is 4.19. The van der Waals surface area contributed by atoms with Crippen LogP contribution < -0.4 is 5.32 Å². The largest absolute Gasteiger partial charge is 0.453 e. The number of halogens is 1. The zero-order chi connectivity index (χ0) is 10.8. The molecule has 0 spiro atoms. The van der Waals surface area contributed by atoms with E-state index in [0.29, 0.717) is 12.0 Å². The molecule has 1 aliphatic rings. The van der Waals surface area contributed by atoms with Crippen molar-refractivity contribution in [1.29, 1.82) is 0 Å². The first-order chi connectivity index (χ1) is 7.20. The van der Waals surface area contributed by atoms with Crippen LogP contribution >= 0.6 is 15.9 Å². The SMILES string of the molecule is CNC(c1ccc(Br)o1)C1COC(C)C1. The predicted octanol–water partition coefficient (Wildman–Crippen LogP) is 2.73. The third-order valence-corrected chi connectivity index (χ3v) is 3.34. The van der Waals surface area contributed by atoms with Crippen molar-refractivity contribution in [3.63, 3.8) is 0 Å². The Morgan fingerprint density at radius 3 is 2.80 bits per heavy atom. The van der Waals surface area contributed by atoms with E-state index in [0.717, 1.165) is 23.5 Å². The Labute approximate surface area is 98.3 Å². The van der Waals surface area contributed by atoms with Crippen LogP contribution in [0.25, 0.3) is 0 Å². The highest BCUT2D eigenvalue weighted by Gasteiger charge is 2.31. The standard InChI is InChI=1S/C11H16BrNO2/c1-7-5-8(6-14-7)11(13-2)9-3-4-10(12)15-9/h3-4,7-8,11,13H,5-6H2,1-2H3. The fraction of sp³-hybridized carbons (Fsp3) is 0.636. The van der Waals surface area contributed by atoms with Crippen molar-refractivity contribution in [2.24, 2.45) is 5.92 Å². The van der Waals surface area contributed by atoms with Gasteiger partial charge in [-0.05, 0) is 48.5 Å². The Morgan fingerprint density at radius 2 is 2.33 bits per heavy atom. The summed E-state index contributed by atoms with van der Waals surface area (Å²) in [7, 11) is 1.96. The lowest BCUT2D eigenvalue weighted by Crippen LogP contribution is -2.25. The molecule has 0 aromatic carbocycles. The molecule has 0 aliphatic carbocycles. The Bertz CT molecular complexity index is 326. The maximum absolute atomic E-state index is 5.58. The molecule has 4 heteroatoms. The van der Waals surface area contributed by atoms with Crippen molar-refractivity contribution in [1.82, 2.24) is 5.32 Å². The second-order valence-electron chi connectivity index (χ2n) is 4.05. The number of ether oxygens (including phenoxy) is 1. The van der Waals surface area contributed by atoms with E-state index in [9.17, 15) is 0 Å². The third kappa shape index (κ3) is 2.44. The monoisotopic (exact) mass is 273 g/mol. The number of rotatable bonds is 3. The summed E-state index contributed by atoms with van der Waals surface area (Å²) in [4.78, 5) is 0. The van der Waals surface area contributed by atoms with E-state index in [2.05, 4.69) is 28.2 Å². The van der Waals surface area contributed by atoms with Crippen LogP contribution in [-0.4, -0.2) is 19.8 Å². The van der Waals surface area contributed by atoms with Crippen molar-refractivity contribution >= 4 is 15.9 Å². The van der Waals surface area contributed by atoms with Crippen molar-refractivity contribution < 1.29 is 9.15 Å². The van der Waals surface area contributed by atoms with E-state index in [1.807, 2.05) is 19.2 Å². The lowest BCUT2D eigenvalue weighted by atomic mass is 9.95. The van der Waals surface area contributed by atoms with Gasteiger partial charge in [-0.1, -0.05) is 0 Å². The summed E-state index contributed by atoms with van der Waals surface area (Å²) < 4.78 is 11.9. The molecular formula is C11H16BrNO2. The molecule has 3 atom stereocenters. The molecular weight excluding hydrogens is 258 g/mol. The van der Waals surface area contributed by atoms with E-state index in [-0.39, 0.29) is 6.04 Å². The number of hydrogen-bond acceptors (Lipinski definition) is 3. The van der Waals surface area contributed by atoms with Crippen LogP contribution in [0, 0.1) is 5.92 Å². The Balaban J connectivity index is 2.10. The molecule has 3 nitrogen and oxygen atoms in total. The molecule has 0 bridgehead atoms. The fourth-order valence-electron chi connectivity index (χ4n) is 2.19. The minimum atomic E-state index is 0.251. The summed E-state index contributed by atoms with van der Waals surface area (Å²) in [6.45, 7) is 2.93. The molecule has 0 radical (unpaired) electrons. The molecule has 1 N–H and O–H groups in total. The first kappa shape index (κ1) is 11.2. The Kier molecular flexibility index (Phi) is 3.49. The Hall–Kier alpha value is -0.320. The zero-order valence-corrected chi connectivity index (χ0v) is 10.6. The maximum Gasteiger partial charge on any atom is 0.169 e. The minimum Gasteiger partial charge on any atom is -0.453 e. The topological polar surface area (TPSA) is 34.4 Å². The summed E-state index contributed by atoms with van der Waals surface area (Å²) in [6.07, 6.45) is 1.45. The van der Waals surface area contributed by atoms with Gasteiger partial charge in [0, 0.05) is 5.92 Å². The van der Waals surface area contributed by atoms with Gasteiger partial charge in [0.25, 0.3) is 0 Å². The summed E-state index contributed by atoms with van der Waals surface area (Å²) in [5.74, 6) is 1.48. The molecule has 1 saturated heterocycles. The number of furan rings is 1. The van der Waals surface area contributed by atoms with Crippen molar-refractivity contribution in [2.75, 3.05) is 13.7 Å². The number of hydrogen-bond donors (Lipinski definition) is 1. The Morgan fingerprint density at radius 1 is 1.53 bits per heavy atom. The van der Waals surface area contributed by atoms with Gasteiger partial charge in [-0.25, -0.2) is 0 Å². The average Bonchev–Trinajstić information content (AvgIpc) is 2.78. The van der Waals surface area contributed by atoms with Gasteiger partial charge >= 0.3 is 0 Å². The third-order valence-electron chi connectivity index (χ3n) is 2.91. The quantitative estimate of drug-likeness (QED) is 0.920. The lowest BCUT2D eigenvalue weighted by molar-refractivity contribution is 0.116. The normalized spacial score (nSPS) is 28.2. The molecule has 1 aliphatic heterocycles. The molecule has 3 unspecified atom stereocenters. The van der Waals surface area contributed by atoms with Crippen LogP contribution in [0.2, 0.25) is 0 Å². The van der Waals surface area contributed by atoms with Gasteiger partial charge in [0.15, 0.2) is 4.67 Å². The summed E-state index contributed by atoms with van der Waals surface area (Å²) in [5, 5.41) is 3.30. The van der Waals surface area contributed by atoms with Gasteiger partial charge in [0.2, 0.25) is 0 Å². The summed E-state index contributed by atoms with van der Waals surface area (Å²) in [5.41, 5.74) is 0. The highest BCUT2D eigenvalue weighted by atomic mass is 79.9. The van der Waals surface area contributed by atoms with E-state index in [1.165, 1.54) is 0 Å².